The predicted octanol–water partition coefficient (Wildman–Crippen LogP) is 3.97. The number of rotatable bonds is 3. The van der Waals surface area contributed by atoms with Crippen LogP contribution in [0.1, 0.15) is 56.1 Å². The molecule has 1 atom stereocenters. The molecule has 1 N–H and O–H groups in total. The van der Waals surface area contributed by atoms with E-state index in [0.29, 0.717) is 6.04 Å². The molecule has 1 unspecified atom stereocenters. The van der Waals surface area contributed by atoms with E-state index in [1.165, 1.54) is 49.7 Å². The first-order valence-electron chi connectivity index (χ1n) is 8.19. The lowest BCUT2D eigenvalue weighted by atomic mass is 9.78. The molecule has 0 bridgehead atoms. The molecule has 2 heteroatoms. The van der Waals surface area contributed by atoms with Crippen LogP contribution in [0.2, 0.25) is 0 Å². The van der Waals surface area contributed by atoms with E-state index in [1.807, 2.05) is 0 Å². The van der Waals surface area contributed by atoms with E-state index in [2.05, 4.69) is 36.5 Å². The van der Waals surface area contributed by atoms with Gasteiger partial charge in [-0.2, -0.15) is 0 Å². The largest absolute Gasteiger partial charge is 0.375 e. The molecule has 1 saturated heterocycles. The molecule has 0 aromatic heterocycles. The van der Waals surface area contributed by atoms with Crippen LogP contribution in [0, 0.1) is 6.92 Å². The molecule has 2 nitrogen and oxygen atoms in total. The molecule has 1 aliphatic heterocycles. The minimum absolute atomic E-state index is 0.209. The van der Waals surface area contributed by atoms with Gasteiger partial charge >= 0.3 is 0 Å². The molecular weight excluding hydrogens is 246 g/mol. The minimum Gasteiger partial charge on any atom is -0.375 e. The van der Waals surface area contributed by atoms with E-state index in [-0.39, 0.29) is 5.60 Å². The Morgan fingerprint density at radius 2 is 2.10 bits per heavy atom. The summed E-state index contributed by atoms with van der Waals surface area (Å²) in [7, 11) is 0. The highest BCUT2D eigenvalue weighted by atomic mass is 16.5. The zero-order chi connectivity index (χ0) is 13.8. The van der Waals surface area contributed by atoms with Crippen LogP contribution >= 0.6 is 0 Å². The molecule has 1 aliphatic carbocycles. The summed E-state index contributed by atoms with van der Waals surface area (Å²) in [4.78, 5) is 0. The lowest BCUT2D eigenvalue weighted by molar-refractivity contribution is -0.109. The van der Waals surface area contributed by atoms with Crippen molar-refractivity contribution in [3.63, 3.8) is 0 Å². The SMILES string of the molecule is Cc1cccc(CNC2CCOC3(CCCCC3)C2)c1. The second-order valence-electron chi connectivity index (χ2n) is 6.65. The summed E-state index contributed by atoms with van der Waals surface area (Å²) < 4.78 is 6.17. The number of hydrogen-bond acceptors (Lipinski definition) is 2. The second-order valence-corrected chi connectivity index (χ2v) is 6.65. The Labute approximate surface area is 122 Å². The van der Waals surface area contributed by atoms with E-state index in [0.717, 1.165) is 19.6 Å². The van der Waals surface area contributed by atoms with Crippen molar-refractivity contribution in [3.8, 4) is 0 Å². The van der Waals surface area contributed by atoms with Crippen molar-refractivity contribution in [2.75, 3.05) is 6.61 Å². The van der Waals surface area contributed by atoms with Crippen LogP contribution in [0.4, 0.5) is 0 Å². The molecule has 1 aromatic rings. The number of hydrogen-bond donors (Lipinski definition) is 1. The zero-order valence-corrected chi connectivity index (χ0v) is 12.7. The average molecular weight is 273 g/mol. The van der Waals surface area contributed by atoms with Crippen molar-refractivity contribution in [1.29, 1.82) is 0 Å². The molecule has 3 rings (SSSR count). The number of ether oxygens (including phenoxy) is 1. The lowest BCUT2D eigenvalue weighted by Crippen LogP contribution is -2.47. The maximum Gasteiger partial charge on any atom is 0.0697 e. The van der Waals surface area contributed by atoms with Crippen molar-refractivity contribution < 1.29 is 4.74 Å². The molecule has 2 aliphatic rings. The molecule has 1 aromatic carbocycles. The summed E-state index contributed by atoms with van der Waals surface area (Å²) in [6.07, 6.45) is 9.01. The quantitative estimate of drug-likeness (QED) is 0.900. The smallest absolute Gasteiger partial charge is 0.0697 e. The van der Waals surface area contributed by atoms with Crippen molar-refractivity contribution in [2.45, 2.75) is 70.1 Å². The van der Waals surface area contributed by atoms with Gasteiger partial charge in [-0.3, -0.25) is 0 Å². The van der Waals surface area contributed by atoms with Crippen LogP contribution in [0.15, 0.2) is 24.3 Å². The number of benzene rings is 1. The van der Waals surface area contributed by atoms with E-state index in [1.54, 1.807) is 0 Å². The fourth-order valence-electron chi connectivity index (χ4n) is 3.83. The fourth-order valence-corrected chi connectivity index (χ4v) is 3.83. The van der Waals surface area contributed by atoms with Crippen LogP contribution in [0.5, 0.6) is 0 Å². The van der Waals surface area contributed by atoms with Crippen LogP contribution in [0.25, 0.3) is 0 Å². The minimum atomic E-state index is 0.209. The van der Waals surface area contributed by atoms with E-state index < -0.39 is 0 Å². The number of aryl methyl sites for hydroxylation is 1. The van der Waals surface area contributed by atoms with Gasteiger partial charge in [-0.25, -0.2) is 0 Å². The molecule has 110 valence electrons. The summed E-state index contributed by atoms with van der Waals surface area (Å²) in [5.41, 5.74) is 2.95. The lowest BCUT2D eigenvalue weighted by Gasteiger charge is -2.43. The highest BCUT2D eigenvalue weighted by Gasteiger charge is 2.38. The molecular formula is C18H27NO. The summed E-state index contributed by atoms with van der Waals surface area (Å²) in [6, 6.07) is 9.44. The van der Waals surface area contributed by atoms with Gasteiger partial charge in [0.2, 0.25) is 0 Å². The van der Waals surface area contributed by atoms with Gasteiger partial charge in [-0.1, -0.05) is 49.1 Å². The van der Waals surface area contributed by atoms with E-state index >= 15 is 0 Å². The van der Waals surface area contributed by atoms with Gasteiger partial charge in [0.1, 0.15) is 0 Å². The standard InChI is InChI=1S/C18H27NO/c1-15-6-5-7-16(12-15)14-19-17-8-11-20-18(13-17)9-3-2-4-10-18/h5-7,12,17,19H,2-4,8-11,13-14H2,1H3. The Morgan fingerprint density at radius 3 is 2.90 bits per heavy atom. The second kappa shape index (κ2) is 6.28. The van der Waals surface area contributed by atoms with Crippen molar-refractivity contribution >= 4 is 0 Å². The van der Waals surface area contributed by atoms with Gasteiger partial charge in [0.25, 0.3) is 0 Å². The monoisotopic (exact) mass is 273 g/mol. The normalized spacial score (nSPS) is 25.8. The first-order valence-corrected chi connectivity index (χ1v) is 8.19. The Morgan fingerprint density at radius 1 is 1.25 bits per heavy atom. The first kappa shape index (κ1) is 14.1. The highest BCUT2D eigenvalue weighted by molar-refractivity contribution is 5.22. The van der Waals surface area contributed by atoms with Crippen LogP contribution in [0.3, 0.4) is 0 Å². The maximum atomic E-state index is 6.17. The summed E-state index contributed by atoms with van der Waals surface area (Å²) >= 11 is 0. The Bertz CT molecular complexity index is 431. The molecule has 0 radical (unpaired) electrons. The topological polar surface area (TPSA) is 21.3 Å². The Hall–Kier alpha value is -0.860. The molecule has 0 amide bonds. The van der Waals surface area contributed by atoms with Crippen LogP contribution in [-0.2, 0) is 11.3 Å². The molecule has 1 spiro atoms. The van der Waals surface area contributed by atoms with Crippen LogP contribution in [-0.4, -0.2) is 18.2 Å². The van der Waals surface area contributed by atoms with Crippen molar-refractivity contribution in [3.05, 3.63) is 35.4 Å². The molecule has 20 heavy (non-hydrogen) atoms. The summed E-state index contributed by atoms with van der Waals surface area (Å²) in [5, 5.41) is 3.76. The summed E-state index contributed by atoms with van der Waals surface area (Å²) in [6.45, 7) is 4.09. The fraction of sp³-hybridized carbons (Fsp3) is 0.667. The highest BCUT2D eigenvalue weighted by Crippen LogP contribution is 2.38. The van der Waals surface area contributed by atoms with Crippen molar-refractivity contribution in [1.82, 2.24) is 5.32 Å². The van der Waals surface area contributed by atoms with Gasteiger partial charge in [0.05, 0.1) is 5.60 Å². The van der Waals surface area contributed by atoms with Gasteiger partial charge in [0.15, 0.2) is 0 Å². The molecule has 1 heterocycles. The van der Waals surface area contributed by atoms with Gasteiger partial charge in [-0.15, -0.1) is 0 Å². The van der Waals surface area contributed by atoms with Gasteiger partial charge < -0.3 is 10.1 Å². The Kier molecular flexibility index (Phi) is 4.42. The van der Waals surface area contributed by atoms with Crippen molar-refractivity contribution in [2.24, 2.45) is 0 Å². The van der Waals surface area contributed by atoms with Gasteiger partial charge in [-0.05, 0) is 38.2 Å². The first-order chi connectivity index (χ1) is 9.76. The average Bonchev–Trinajstić information content (AvgIpc) is 2.46. The zero-order valence-electron chi connectivity index (χ0n) is 12.7. The maximum absolute atomic E-state index is 6.17. The third kappa shape index (κ3) is 3.42. The van der Waals surface area contributed by atoms with Crippen LogP contribution < -0.4 is 5.32 Å². The van der Waals surface area contributed by atoms with E-state index in [4.69, 9.17) is 4.74 Å². The summed E-state index contributed by atoms with van der Waals surface area (Å²) in [5.74, 6) is 0. The third-order valence-electron chi connectivity index (χ3n) is 4.94. The molecule has 1 saturated carbocycles. The third-order valence-corrected chi connectivity index (χ3v) is 4.94. The molecule has 2 fully saturated rings. The van der Waals surface area contributed by atoms with E-state index in [9.17, 15) is 0 Å². The predicted molar refractivity (Wildman–Crippen MR) is 82.8 cm³/mol. The Balaban J connectivity index is 1.55. The number of nitrogens with one attached hydrogen (secondary N) is 1. The van der Waals surface area contributed by atoms with Gasteiger partial charge in [0, 0.05) is 19.2 Å².